The second-order valence-corrected chi connectivity index (χ2v) is 5.17. The summed E-state index contributed by atoms with van der Waals surface area (Å²) in [6.45, 7) is 5.39. The minimum Gasteiger partial charge on any atom is -0.465 e. The maximum atomic E-state index is 11.6. The molecule has 0 unspecified atom stereocenters. The monoisotopic (exact) mass is 333 g/mol. The molecule has 0 fully saturated rings. The number of nitrogens with one attached hydrogen (secondary N) is 2. The lowest BCUT2D eigenvalue weighted by atomic mass is 10.2. The molecular weight excluding hydrogens is 310 g/mol. The smallest absolute Gasteiger partial charge is 0.341 e. The van der Waals surface area contributed by atoms with E-state index in [1.165, 1.54) is 7.11 Å². The summed E-state index contributed by atoms with van der Waals surface area (Å²) in [6, 6.07) is 3.60. The lowest BCUT2D eigenvalue weighted by Crippen LogP contribution is -2.36. The molecule has 0 aliphatic carbocycles. The van der Waals surface area contributed by atoms with E-state index in [-0.39, 0.29) is 0 Å². The molecule has 0 bridgehead atoms. The van der Waals surface area contributed by atoms with Crippen molar-refractivity contribution in [2.75, 3.05) is 13.7 Å². The molecule has 0 amide bonds. The molecule has 0 saturated heterocycles. The number of aryl methyl sites for hydroxylation is 2. The van der Waals surface area contributed by atoms with Gasteiger partial charge in [0.05, 0.1) is 25.9 Å². The zero-order chi connectivity index (χ0) is 17.5. The van der Waals surface area contributed by atoms with Crippen LogP contribution in [0.5, 0.6) is 0 Å². The number of furan rings is 1. The Morgan fingerprint density at radius 1 is 1.46 bits per heavy atom. The highest BCUT2D eigenvalue weighted by Crippen LogP contribution is 2.15. The number of hydrogen-bond acceptors (Lipinski definition) is 5. The Morgan fingerprint density at radius 3 is 2.88 bits per heavy atom. The van der Waals surface area contributed by atoms with Gasteiger partial charge in [-0.2, -0.15) is 5.10 Å². The molecule has 0 aromatic carbocycles. The molecule has 2 aromatic rings. The number of ether oxygens (including phenoxy) is 1. The number of rotatable bonds is 6. The first-order valence-electron chi connectivity index (χ1n) is 7.71. The first-order valence-corrected chi connectivity index (χ1v) is 7.71. The second kappa shape index (κ2) is 8.19. The van der Waals surface area contributed by atoms with E-state index < -0.39 is 5.97 Å². The number of carbonyl (C=O) groups excluding carboxylic acids is 1. The molecule has 130 valence electrons. The van der Waals surface area contributed by atoms with Gasteiger partial charge in [0, 0.05) is 19.8 Å². The van der Waals surface area contributed by atoms with Crippen LogP contribution in [0.1, 0.15) is 34.5 Å². The van der Waals surface area contributed by atoms with Crippen molar-refractivity contribution in [3.63, 3.8) is 0 Å². The van der Waals surface area contributed by atoms with Crippen molar-refractivity contribution in [3.8, 4) is 0 Å². The van der Waals surface area contributed by atoms with E-state index in [1.807, 2.05) is 20.0 Å². The summed E-state index contributed by atoms with van der Waals surface area (Å²) in [4.78, 5) is 16.1. The van der Waals surface area contributed by atoms with E-state index in [9.17, 15) is 4.79 Å². The number of hydrogen-bond donors (Lipinski definition) is 2. The lowest BCUT2D eigenvalue weighted by molar-refractivity contribution is 0.0599. The van der Waals surface area contributed by atoms with Gasteiger partial charge in [-0.15, -0.1) is 0 Å². The summed E-state index contributed by atoms with van der Waals surface area (Å²) < 4.78 is 12.1. The minimum atomic E-state index is -0.403. The largest absolute Gasteiger partial charge is 0.465 e. The number of esters is 1. The van der Waals surface area contributed by atoms with Crippen LogP contribution in [-0.2, 0) is 24.9 Å². The SMILES string of the molecule is CCNC(=NCc1ccnn1C)NCc1cc(C(=O)OC)c(C)o1. The molecular formula is C16H23N5O3. The first-order chi connectivity index (χ1) is 11.5. The van der Waals surface area contributed by atoms with Crippen molar-refractivity contribution < 1.29 is 13.9 Å². The molecule has 0 aliphatic heterocycles. The predicted molar refractivity (Wildman–Crippen MR) is 89.6 cm³/mol. The van der Waals surface area contributed by atoms with Crippen LogP contribution in [0.4, 0.5) is 0 Å². The third-order valence-electron chi connectivity index (χ3n) is 3.47. The molecule has 8 nitrogen and oxygen atoms in total. The van der Waals surface area contributed by atoms with Crippen molar-refractivity contribution in [2.45, 2.75) is 26.9 Å². The third-order valence-corrected chi connectivity index (χ3v) is 3.47. The van der Waals surface area contributed by atoms with Crippen LogP contribution in [0.15, 0.2) is 27.7 Å². The van der Waals surface area contributed by atoms with Crippen LogP contribution in [-0.4, -0.2) is 35.4 Å². The van der Waals surface area contributed by atoms with E-state index >= 15 is 0 Å². The van der Waals surface area contributed by atoms with Gasteiger partial charge in [0.15, 0.2) is 5.96 Å². The molecule has 0 spiro atoms. The van der Waals surface area contributed by atoms with E-state index in [1.54, 1.807) is 23.9 Å². The summed E-state index contributed by atoms with van der Waals surface area (Å²) in [5.74, 6) is 1.43. The molecule has 24 heavy (non-hydrogen) atoms. The normalized spacial score (nSPS) is 11.4. The minimum absolute atomic E-state index is 0.403. The molecule has 0 radical (unpaired) electrons. The number of methoxy groups -OCH3 is 1. The summed E-state index contributed by atoms with van der Waals surface area (Å²) in [5, 5.41) is 10.5. The Labute approximate surface area is 140 Å². The fourth-order valence-electron chi connectivity index (χ4n) is 2.17. The van der Waals surface area contributed by atoms with Gasteiger partial charge in [-0.25, -0.2) is 9.79 Å². The van der Waals surface area contributed by atoms with Gasteiger partial charge in [-0.1, -0.05) is 0 Å². The number of aromatic nitrogens is 2. The van der Waals surface area contributed by atoms with Crippen molar-refractivity contribution in [2.24, 2.45) is 12.0 Å². The quantitative estimate of drug-likeness (QED) is 0.471. The first kappa shape index (κ1) is 17.6. The van der Waals surface area contributed by atoms with Gasteiger partial charge in [0.25, 0.3) is 0 Å². The average Bonchev–Trinajstić information content (AvgIpc) is 3.15. The maximum absolute atomic E-state index is 11.6. The number of carbonyl (C=O) groups is 1. The van der Waals surface area contributed by atoms with Gasteiger partial charge in [0.1, 0.15) is 17.1 Å². The molecule has 2 rings (SSSR count). The standard InChI is InChI=1S/C16H23N5O3/c1-5-17-16(18-9-12-6-7-20-21(12)3)19-10-13-8-14(11(2)24-13)15(22)23-4/h6-8H,5,9-10H2,1-4H3,(H2,17,18,19). The highest BCUT2D eigenvalue weighted by Gasteiger charge is 2.15. The fourth-order valence-corrected chi connectivity index (χ4v) is 2.17. The van der Waals surface area contributed by atoms with Crippen molar-refractivity contribution in [3.05, 3.63) is 41.1 Å². The number of guanidine groups is 1. The molecule has 0 atom stereocenters. The third kappa shape index (κ3) is 4.37. The summed E-state index contributed by atoms with van der Waals surface area (Å²) >= 11 is 0. The Morgan fingerprint density at radius 2 is 2.25 bits per heavy atom. The topological polar surface area (TPSA) is 93.7 Å². The van der Waals surface area contributed by atoms with Crippen molar-refractivity contribution >= 4 is 11.9 Å². The second-order valence-electron chi connectivity index (χ2n) is 5.17. The van der Waals surface area contributed by atoms with Crippen LogP contribution in [0.25, 0.3) is 0 Å². The molecule has 0 aliphatic rings. The summed E-state index contributed by atoms with van der Waals surface area (Å²) in [5.41, 5.74) is 1.44. The highest BCUT2D eigenvalue weighted by atomic mass is 16.5. The lowest BCUT2D eigenvalue weighted by Gasteiger charge is -2.10. The van der Waals surface area contributed by atoms with Gasteiger partial charge < -0.3 is 19.8 Å². The Hall–Kier alpha value is -2.77. The maximum Gasteiger partial charge on any atom is 0.341 e. The van der Waals surface area contributed by atoms with Crippen LogP contribution in [0.3, 0.4) is 0 Å². The van der Waals surface area contributed by atoms with Crippen LogP contribution >= 0.6 is 0 Å². The fraction of sp³-hybridized carbons (Fsp3) is 0.438. The average molecular weight is 333 g/mol. The van der Waals surface area contributed by atoms with Crippen molar-refractivity contribution in [1.82, 2.24) is 20.4 Å². The van der Waals surface area contributed by atoms with E-state index in [4.69, 9.17) is 9.15 Å². The Bertz CT molecular complexity index is 717. The van der Waals surface area contributed by atoms with Gasteiger partial charge in [0.2, 0.25) is 0 Å². The molecule has 0 saturated carbocycles. The molecule has 2 heterocycles. The van der Waals surface area contributed by atoms with Crippen LogP contribution < -0.4 is 10.6 Å². The zero-order valence-electron chi connectivity index (χ0n) is 14.4. The summed E-state index contributed by atoms with van der Waals surface area (Å²) in [7, 11) is 3.23. The van der Waals surface area contributed by atoms with Gasteiger partial charge in [-0.3, -0.25) is 4.68 Å². The van der Waals surface area contributed by atoms with Crippen molar-refractivity contribution in [1.29, 1.82) is 0 Å². The number of aliphatic imine (C=N–C) groups is 1. The van der Waals surface area contributed by atoms with Gasteiger partial charge in [-0.05, 0) is 26.0 Å². The predicted octanol–water partition coefficient (Wildman–Crippen LogP) is 1.36. The van der Waals surface area contributed by atoms with Crippen LogP contribution in [0, 0.1) is 6.92 Å². The summed E-state index contributed by atoms with van der Waals surface area (Å²) in [6.07, 6.45) is 1.74. The Kier molecular flexibility index (Phi) is 6.00. The van der Waals surface area contributed by atoms with Gasteiger partial charge >= 0.3 is 5.97 Å². The molecule has 8 heteroatoms. The van der Waals surface area contributed by atoms with E-state index in [0.29, 0.717) is 36.1 Å². The van der Waals surface area contributed by atoms with E-state index in [2.05, 4.69) is 20.7 Å². The van der Waals surface area contributed by atoms with E-state index in [0.717, 1.165) is 12.2 Å². The zero-order valence-corrected chi connectivity index (χ0v) is 14.4. The molecule has 2 aromatic heterocycles. The van der Waals surface area contributed by atoms with Crippen LogP contribution in [0.2, 0.25) is 0 Å². The number of nitrogens with zero attached hydrogens (tertiary/aromatic N) is 3. The highest BCUT2D eigenvalue weighted by molar-refractivity contribution is 5.90. The molecule has 2 N–H and O–H groups in total. The Balaban J connectivity index is 2.01.